The Hall–Kier alpha value is -4.53. The molecule has 14 heteroatoms. The zero-order valence-corrected chi connectivity index (χ0v) is 25.5. The van der Waals surface area contributed by atoms with Gasteiger partial charge in [0.15, 0.2) is 0 Å². The minimum Gasteiger partial charge on any atom is -0.491 e. The van der Waals surface area contributed by atoms with Gasteiger partial charge in [0, 0.05) is 42.6 Å². The molecule has 0 saturated heterocycles. The molecule has 4 aromatic rings. The lowest BCUT2D eigenvalue weighted by Crippen LogP contribution is -2.31. The molecule has 0 bridgehead atoms. The number of ether oxygens (including phenoxy) is 3. The molecule has 0 atom stereocenters. The van der Waals surface area contributed by atoms with Crippen LogP contribution in [0.2, 0.25) is 0 Å². The van der Waals surface area contributed by atoms with Crippen LogP contribution in [-0.4, -0.2) is 86.9 Å². The van der Waals surface area contributed by atoms with Gasteiger partial charge in [0.05, 0.1) is 42.7 Å². The van der Waals surface area contributed by atoms with Gasteiger partial charge in [-0.3, -0.25) is 4.98 Å². The number of pyridine rings is 1. The Labute approximate surface area is 249 Å². The van der Waals surface area contributed by atoms with Crippen LogP contribution >= 0.6 is 0 Å². The Morgan fingerprint density at radius 3 is 2.47 bits per heavy atom. The van der Waals surface area contributed by atoms with E-state index in [1.165, 1.54) is 32.5 Å². The van der Waals surface area contributed by atoms with E-state index in [0.717, 1.165) is 0 Å². The largest absolute Gasteiger partial charge is 0.491 e. The van der Waals surface area contributed by atoms with E-state index in [4.69, 9.17) is 14.2 Å². The lowest BCUT2D eigenvalue weighted by Gasteiger charge is -2.18. The molecule has 0 amide bonds. The fourth-order valence-corrected chi connectivity index (χ4v) is 5.38. The molecule has 2 aromatic heterocycles. The van der Waals surface area contributed by atoms with Crippen LogP contribution < -0.4 is 24.2 Å². The van der Waals surface area contributed by atoms with Crippen LogP contribution in [0.4, 0.5) is 11.4 Å². The van der Waals surface area contributed by atoms with E-state index in [-0.39, 0.29) is 40.7 Å². The van der Waals surface area contributed by atoms with Gasteiger partial charge >= 0.3 is 12.0 Å². The first-order chi connectivity index (χ1) is 20.4. The van der Waals surface area contributed by atoms with Crippen molar-refractivity contribution >= 4 is 38.3 Å². The van der Waals surface area contributed by atoms with Crippen molar-refractivity contribution < 1.29 is 32.5 Å². The van der Waals surface area contributed by atoms with Crippen LogP contribution in [-0.2, 0) is 10.0 Å². The van der Waals surface area contributed by atoms with E-state index >= 15 is 0 Å². The topological polar surface area (TPSA) is 165 Å². The summed E-state index contributed by atoms with van der Waals surface area (Å²) < 4.78 is 45.9. The Bertz CT molecular complexity index is 1750. The molecule has 0 spiro atoms. The van der Waals surface area contributed by atoms with Gasteiger partial charge in [0.25, 0.3) is 0 Å². The molecule has 0 aliphatic heterocycles. The maximum absolute atomic E-state index is 13.5. The molecule has 13 nitrogen and oxygen atoms in total. The molecule has 43 heavy (non-hydrogen) atoms. The molecule has 2 aromatic carbocycles. The summed E-state index contributed by atoms with van der Waals surface area (Å²) in [6, 6.07) is 9.82. The minimum absolute atomic E-state index is 0.0265. The first kappa shape index (κ1) is 31.4. The molecule has 0 aliphatic carbocycles. The van der Waals surface area contributed by atoms with Gasteiger partial charge in [-0.15, -0.1) is 0 Å². The Morgan fingerprint density at radius 1 is 1.05 bits per heavy atom. The summed E-state index contributed by atoms with van der Waals surface area (Å²) in [5, 5.41) is 13.3. The third-order valence-electron chi connectivity index (χ3n) is 6.19. The van der Waals surface area contributed by atoms with Gasteiger partial charge in [-0.05, 0) is 51.7 Å². The lowest BCUT2D eigenvalue weighted by molar-refractivity contribution is 0.0696. The van der Waals surface area contributed by atoms with Gasteiger partial charge in [0.2, 0.25) is 15.9 Å². The van der Waals surface area contributed by atoms with Gasteiger partial charge in [-0.1, -0.05) is 12.1 Å². The standard InChI is InChI=1S/C29H34N6O7S/c1-17(2)42-21-12-19(28(36)37)11-20(14-21)33-26-22-8-7-18(23-15-31-29(41-6)34-27(23)40-5)13-24(22)30-16-25(26)43(38,39)32-9-10-35(3)4/h7-8,11-17,32H,9-10H2,1-6H3,(H,30,33)(H,36,37). The van der Waals surface area contributed by atoms with Crippen LogP contribution in [0.5, 0.6) is 17.6 Å². The lowest BCUT2D eigenvalue weighted by atomic mass is 10.0. The smallest absolute Gasteiger partial charge is 0.335 e. The number of sulfonamides is 1. The fourth-order valence-electron chi connectivity index (χ4n) is 4.24. The second-order valence-corrected chi connectivity index (χ2v) is 11.8. The van der Waals surface area contributed by atoms with Crippen molar-refractivity contribution in [2.24, 2.45) is 0 Å². The van der Waals surface area contributed by atoms with E-state index in [2.05, 4.69) is 25.0 Å². The number of anilines is 2. The van der Waals surface area contributed by atoms with Crippen LogP contribution in [0.25, 0.3) is 22.0 Å². The summed E-state index contributed by atoms with van der Waals surface area (Å²) in [6.45, 7) is 4.29. The number of carboxylic acid groups (broad SMARTS) is 1. The molecular weight excluding hydrogens is 576 g/mol. The van der Waals surface area contributed by atoms with E-state index in [1.807, 2.05) is 32.8 Å². The summed E-state index contributed by atoms with van der Waals surface area (Å²) in [7, 11) is 2.57. The summed E-state index contributed by atoms with van der Waals surface area (Å²) in [5.74, 6) is -0.550. The van der Waals surface area contributed by atoms with Gasteiger partial charge in [-0.25, -0.2) is 22.9 Å². The highest BCUT2D eigenvalue weighted by molar-refractivity contribution is 7.89. The molecular formula is C29H34N6O7S. The zero-order valence-electron chi connectivity index (χ0n) is 24.7. The zero-order chi connectivity index (χ0) is 31.3. The van der Waals surface area contributed by atoms with E-state index in [0.29, 0.717) is 40.0 Å². The predicted octanol–water partition coefficient (Wildman–Crippen LogP) is 3.78. The monoisotopic (exact) mass is 610 g/mol. The van der Waals surface area contributed by atoms with Gasteiger partial charge < -0.3 is 29.5 Å². The predicted molar refractivity (Wildman–Crippen MR) is 162 cm³/mol. The number of carbonyl (C=O) groups is 1. The average molecular weight is 611 g/mol. The highest BCUT2D eigenvalue weighted by atomic mass is 32.2. The summed E-state index contributed by atoms with van der Waals surface area (Å²) in [4.78, 5) is 26.5. The molecule has 0 unspecified atom stereocenters. The Balaban J connectivity index is 1.88. The van der Waals surface area contributed by atoms with Crippen molar-refractivity contribution in [3.05, 3.63) is 54.4 Å². The second-order valence-electron chi connectivity index (χ2n) is 10.1. The number of aromatic carboxylic acids is 1. The minimum atomic E-state index is -4.04. The molecule has 228 valence electrons. The van der Waals surface area contributed by atoms with Crippen molar-refractivity contribution in [3.63, 3.8) is 0 Å². The number of carboxylic acids is 1. The van der Waals surface area contributed by atoms with Crippen molar-refractivity contribution in [1.82, 2.24) is 24.6 Å². The number of likely N-dealkylation sites (N-methyl/N-ethyl adjacent to an activating group) is 1. The molecule has 0 aliphatic rings. The second kappa shape index (κ2) is 13.2. The Kier molecular flexibility index (Phi) is 9.63. The van der Waals surface area contributed by atoms with E-state index in [1.54, 1.807) is 30.5 Å². The number of hydrogen-bond acceptors (Lipinski definition) is 11. The highest BCUT2D eigenvalue weighted by Gasteiger charge is 2.23. The number of nitrogens with one attached hydrogen (secondary N) is 2. The highest BCUT2D eigenvalue weighted by Crippen LogP contribution is 2.37. The number of hydrogen-bond donors (Lipinski definition) is 3. The first-order valence-corrected chi connectivity index (χ1v) is 14.7. The normalized spacial score (nSPS) is 11.6. The third-order valence-corrected chi connectivity index (χ3v) is 7.66. The number of nitrogens with zero attached hydrogens (tertiary/aromatic N) is 4. The van der Waals surface area contributed by atoms with E-state index in [9.17, 15) is 18.3 Å². The first-order valence-electron chi connectivity index (χ1n) is 13.3. The maximum Gasteiger partial charge on any atom is 0.335 e. The van der Waals surface area contributed by atoms with Crippen molar-refractivity contribution in [3.8, 4) is 28.8 Å². The van der Waals surface area contributed by atoms with Crippen LogP contribution in [0.3, 0.4) is 0 Å². The maximum atomic E-state index is 13.5. The number of benzene rings is 2. The van der Waals surface area contributed by atoms with Crippen molar-refractivity contribution in [1.29, 1.82) is 0 Å². The summed E-state index contributed by atoms with van der Waals surface area (Å²) in [5.41, 5.74) is 2.21. The molecule has 2 heterocycles. The number of aromatic nitrogens is 3. The van der Waals surface area contributed by atoms with Crippen LogP contribution in [0, 0.1) is 0 Å². The van der Waals surface area contributed by atoms with Gasteiger partial charge in [0.1, 0.15) is 10.6 Å². The van der Waals surface area contributed by atoms with E-state index < -0.39 is 16.0 Å². The summed E-state index contributed by atoms with van der Waals surface area (Å²) >= 11 is 0. The Morgan fingerprint density at radius 2 is 1.81 bits per heavy atom. The molecule has 4 rings (SSSR count). The number of rotatable bonds is 13. The molecule has 0 fully saturated rings. The molecule has 3 N–H and O–H groups in total. The quantitative estimate of drug-likeness (QED) is 0.201. The average Bonchev–Trinajstić information content (AvgIpc) is 2.95. The summed E-state index contributed by atoms with van der Waals surface area (Å²) in [6.07, 6.45) is 2.61. The van der Waals surface area contributed by atoms with Gasteiger partial charge in [-0.2, -0.15) is 4.98 Å². The SMILES string of the molecule is COc1ncc(-c2ccc3c(Nc4cc(OC(C)C)cc(C(=O)O)c4)c(S(=O)(=O)NCCN(C)C)cnc3c2)c(OC)n1. The molecule has 0 saturated carbocycles. The van der Waals surface area contributed by atoms with Crippen molar-refractivity contribution in [2.45, 2.75) is 24.8 Å². The number of methoxy groups -OCH3 is 2. The fraction of sp³-hybridized carbons (Fsp3) is 0.310. The third kappa shape index (κ3) is 7.46. The molecule has 0 radical (unpaired) electrons. The van der Waals surface area contributed by atoms with Crippen molar-refractivity contribution in [2.75, 3.05) is 46.7 Å². The van der Waals surface area contributed by atoms with Crippen LogP contribution in [0.15, 0.2) is 53.7 Å². The van der Waals surface area contributed by atoms with Crippen LogP contribution in [0.1, 0.15) is 24.2 Å². The number of fused-ring (bicyclic) bond motifs is 1.